The first-order chi connectivity index (χ1) is 8.74. The predicted octanol–water partition coefficient (Wildman–Crippen LogP) is 3.54. The summed E-state index contributed by atoms with van der Waals surface area (Å²) in [6.07, 6.45) is 11.4. The molecule has 1 aromatic rings. The number of rotatable bonds is 4. The molecule has 1 saturated carbocycles. The van der Waals surface area contributed by atoms with Gasteiger partial charge in [0.05, 0.1) is 4.47 Å². The number of carbonyl (C=O) groups is 1. The summed E-state index contributed by atoms with van der Waals surface area (Å²) in [5.74, 6) is 1.13. The SMILES string of the molecule is O=C(CCC1CCCCC1)Nc1ncc(Br)cn1. The lowest BCUT2D eigenvalue weighted by Crippen LogP contribution is -2.16. The van der Waals surface area contributed by atoms with Crippen LogP contribution < -0.4 is 5.32 Å². The van der Waals surface area contributed by atoms with E-state index in [4.69, 9.17) is 0 Å². The van der Waals surface area contributed by atoms with Gasteiger partial charge in [-0.2, -0.15) is 0 Å². The normalized spacial score (nSPS) is 16.5. The van der Waals surface area contributed by atoms with Gasteiger partial charge in [-0.25, -0.2) is 9.97 Å². The zero-order valence-corrected chi connectivity index (χ0v) is 11.9. The Labute approximate surface area is 116 Å². The Balaban J connectivity index is 1.73. The number of hydrogen-bond acceptors (Lipinski definition) is 3. The third-order valence-electron chi connectivity index (χ3n) is 3.38. The quantitative estimate of drug-likeness (QED) is 0.925. The van der Waals surface area contributed by atoms with Crippen LogP contribution in [0.4, 0.5) is 5.95 Å². The van der Waals surface area contributed by atoms with Crippen LogP contribution in [0.25, 0.3) is 0 Å². The van der Waals surface area contributed by atoms with Crippen molar-refractivity contribution in [2.75, 3.05) is 5.32 Å². The molecular weight excluding hydrogens is 294 g/mol. The van der Waals surface area contributed by atoms with Crippen molar-refractivity contribution in [1.82, 2.24) is 9.97 Å². The van der Waals surface area contributed by atoms with Crippen molar-refractivity contribution >= 4 is 27.8 Å². The van der Waals surface area contributed by atoms with E-state index >= 15 is 0 Å². The van der Waals surface area contributed by atoms with Gasteiger partial charge in [0, 0.05) is 18.8 Å². The monoisotopic (exact) mass is 311 g/mol. The van der Waals surface area contributed by atoms with Gasteiger partial charge in [-0.1, -0.05) is 32.1 Å². The number of nitrogens with one attached hydrogen (secondary N) is 1. The van der Waals surface area contributed by atoms with Crippen LogP contribution in [0.2, 0.25) is 0 Å². The number of halogens is 1. The molecule has 1 aromatic heterocycles. The Morgan fingerprint density at radius 3 is 2.61 bits per heavy atom. The van der Waals surface area contributed by atoms with E-state index < -0.39 is 0 Å². The largest absolute Gasteiger partial charge is 0.295 e. The van der Waals surface area contributed by atoms with E-state index in [-0.39, 0.29) is 5.91 Å². The second kappa shape index (κ2) is 6.83. The van der Waals surface area contributed by atoms with Gasteiger partial charge in [0.15, 0.2) is 0 Å². The summed E-state index contributed by atoms with van der Waals surface area (Å²) in [5, 5.41) is 2.73. The minimum Gasteiger partial charge on any atom is -0.295 e. The first kappa shape index (κ1) is 13.5. The van der Waals surface area contributed by atoms with E-state index in [1.54, 1.807) is 12.4 Å². The lowest BCUT2D eigenvalue weighted by molar-refractivity contribution is -0.116. The fourth-order valence-electron chi connectivity index (χ4n) is 2.38. The molecule has 98 valence electrons. The standard InChI is InChI=1S/C13H18BrN3O/c14-11-8-15-13(16-9-11)17-12(18)7-6-10-4-2-1-3-5-10/h8-10H,1-7H2,(H,15,16,17,18). The zero-order valence-electron chi connectivity index (χ0n) is 10.4. The molecule has 0 aliphatic heterocycles. The van der Waals surface area contributed by atoms with E-state index in [1.165, 1.54) is 32.1 Å². The van der Waals surface area contributed by atoms with E-state index in [0.717, 1.165) is 16.8 Å². The average molecular weight is 312 g/mol. The van der Waals surface area contributed by atoms with E-state index in [1.807, 2.05) is 0 Å². The van der Waals surface area contributed by atoms with E-state index in [2.05, 4.69) is 31.2 Å². The number of carbonyl (C=O) groups excluding carboxylic acids is 1. The summed E-state index contributed by atoms with van der Waals surface area (Å²) in [6.45, 7) is 0. The average Bonchev–Trinajstić information content (AvgIpc) is 2.40. The molecule has 2 rings (SSSR count). The van der Waals surface area contributed by atoms with Crippen molar-refractivity contribution in [2.24, 2.45) is 5.92 Å². The van der Waals surface area contributed by atoms with E-state index in [9.17, 15) is 4.79 Å². The molecule has 1 aliphatic carbocycles. The molecule has 5 heteroatoms. The molecule has 18 heavy (non-hydrogen) atoms. The molecule has 0 spiro atoms. The molecule has 1 amide bonds. The number of anilines is 1. The Hall–Kier alpha value is -0.970. The molecule has 0 saturated heterocycles. The lowest BCUT2D eigenvalue weighted by atomic mass is 9.86. The van der Waals surface area contributed by atoms with Gasteiger partial charge in [0.1, 0.15) is 0 Å². The molecule has 0 bridgehead atoms. The first-order valence-corrected chi connectivity index (χ1v) is 7.31. The third-order valence-corrected chi connectivity index (χ3v) is 3.79. The van der Waals surface area contributed by atoms with Crippen molar-refractivity contribution in [3.8, 4) is 0 Å². The smallest absolute Gasteiger partial charge is 0.229 e. The summed E-state index contributed by atoms with van der Waals surface area (Å²) in [7, 11) is 0. The summed E-state index contributed by atoms with van der Waals surface area (Å²) in [4.78, 5) is 19.8. The van der Waals surface area contributed by atoms with Crippen molar-refractivity contribution < 1.29 is 4.79 Å². The summed E-state index contributed by atoms with van der Waals surface area (Å²) in [5.41, 5.74) is 0. The number of hydrogen-bond donors (Lipinski definition) is 1. The maximum atomic E-state index is 11.7. The predicted molar refractivity (Wildman–Crippen MR) is 74.2 cm³/mol. The molecular formula is C13H18BrN3O. The van der Waals surface area contributed by atoms with Crippen molar-refractivity contribution in [3.63, 3.8) is 0 Å². The minimum absolute atomic E-state index is 0.0166. The van der Waals surface area contributed by atoms with Crippen LogP contribution in [-0.2, 0) is 4.79 Å². The fourth-order valence-corrected chi connectivity index (χ4v) is 2.58. The van der Waals surface area contributed by atoms with Crippen molar-refractivity contribution in [2.45, 2.75) is 44.9 Å². The molecule has 1 heterocycles. The highest BCUT2D eigenvalue weighted by Crippen LogP contribution is 2.27. The van der Waals surface area contributed by atoms with Crippen LogP contribution in [0.3, 0.4) is 0 Å². The minimum atomic E-state index is 0.0166. The van der Waals surface area contributed by atoms with Crippen LogP contribution in [0.1, 0.15) is 44.9 Å². The van der Waals surface area contributed by atoms with Gasteiger partial charge in [-0.3, -0.25) is 10.1 Å². The van der Waals surface area contributed by atoms with Crippen LogP contribution in [0.15, 0.2) is 16.9 Å². The highest BCUT2D eigenvalue weighted by molar-refractivity contribution is 9.10. The zero-order chi connectivity index (χ0) is 12.8. The summed E-state index contributed by atoms with van der Waals surface area (Å²) in [6, 6.07) is 0. The van der Waals surface area contributed by atoms with Crippen molar-refractivity contribution in [1.29, 1.82) is 0 Å². The maximum Gasteiger partial charge on any atom is 0.229 e. The molecule has 1 aliphatic rings. The summed E-state index contributed by atoms with van der Waals surface area (Å²) < 4.78 is 0.808. The molecule has 1 fully saturated rings. The van der Waals surface area contributed by atoms with Crippen LogP contribution in [-0.4, -0.2) is 15.9 Å². The van der Waals surface area contributed by atoms with Gasteiger partial charge >= 0.3 is 0 Å². The molecule has 0 radical (unpaired) electrons. The Kier molecular flexibility index (Phi) is 5.11. The Morgan fingerprint density at radius 2 is 1.94 bits per heavy atom. The Bertz CT molecular complexity index is 388. The highest BCUT2D eigenvalue weighted by Gasteiger charge is 2.15. The second-order valence-corrected chi connectivity index (χ2v) is 5.73. The molecule has 0 aromatic carbocycles. The molecule has 4 nitrogen and oxygen atoms in total. The lowest BCUT2D eigenvalue weighted by Gasteiger charge is -2.20. The van der Waals surface area contributed by atoms with Gasteiger partial charge < -0.3 is 0 Å². The van der Waals surface area contributed by atoms with Gasteiger partial charge in [-0.15, -0.1) is 0 Å². The fraction of sp³-hybridized carbons (Fsp3) is 0.615. The third kappa shape index (κ3) is 4.37. The van der Waals surface area contributed by atoms with Crippen LogP contribution >= 0.6 is 15.9 Å². The van der Waals surface area contributed by atoms with E-state index in [0.29, 0.717) is 12.4 Å². The van der Waals surface area contributed by atoms with Gasteiger partial charge in [0.2, 0.25) is 11.9 Å². The number of aromatic nitrogens is 2. The topological polar surface area (TPSA) is 54.9 Å². The Morgan fingerprint density at radius 1 is 1.28 bits per heavy atom. The number of amides is 1. The second-order valence-electron chi connectivity index (χ2n) is 4.82. The van der Waals surface area contributed by atoms with Crippen LogP contribution in [0.5, 0.6) is 0 Å². The molecule has 0 atom stereocenters. The first-order valence-electron chi connectivity index (χ1n) is 6.51. The molecule has 1 N–H and O–H groups in total. The van der Waals surface area contributed by atoms with Crippen molar-refractivity contribution in [3.05, 3.63) is 16.9 Å². The molecule has 0 unspecified atom stereocenters. The maximum absolute atomic E-state index is 11.7. The number of nitrogens with zero attached hydrogens (tertiary/aromatic N) is 2. The summed E-state index contributed by atoms with van der Waals surface area (Å²) >= 11 is 3.26. The van der Waals surface area contributed by atoms with Crippen LogP contribution in [0, 0.1) is 5.92 Å². The van der Waals surface area contributed by atoms with Gasteiger partial charge in [0.25, 0.3) is 0 Å². The van der Waals surface area contributed by atoms with Gasteiger partial charge in [-0.05, 0) is 28.3 Å². The highest BCUT2D eigenvalue weighted by atomic mass is 79.9.